The molecular formula is C10H21N. The van der Waals surface area contributed by atoms with Crippen LogP contribution in [0.15, 0.2) is 0 Å². The quantitative estimate of drug-likeness (QED) is 0.613. The zero-order valence-corrected chi connectivity index (χ0v) is 7.90. The molecule has 2 unspecified atom stereocenters. The van der Waals surface area contributed by atoms with Crippen LogP contribution in [0.4, 0.5) is 0 Å². The van der Waals surface area contributed by atoms with Gasteiger partial charge in [0.2, 0.25) is 0 Å². The van der Waals surface area contributed by atoms with Crippen molar-refractivity contribution >= 4 is 0 Å². The fraction of sp³-hybridized carbons (Fsp3) is 1.00. The lowest BCUT2D eigenvalue weighted by molar-refractivity contribution is 0.316. The summed E-state index contributed by atoms with van der Waals surface area (Å²) in [5.74, 6) is 0.889. The summed E-state index contributed by atoms with van der Waals surface area (Å²) >= 11 is 0. The van der Waals surface area contributed by atoms with Crippen molar-refractivity contribution in [1.29, 1.82) is 0 Å². The zero-order chi connectivity index (χ0) is 8.10. The van der Waals surface area contributed by atoms with E-state index in [1.54, 1.807) is 0 Å². The molecule has 1 nitrogen and oxygen atoms in total. The van der Waals surface area contributed by atoms with Gasteiger partial charge in [-0.1, -0.05) is 32.6 Å². The van der Waals surface area contributed by atoms with Gasteiger partial charge >= 0.3 is 0 Å². The smallest absolute Gasteiger partial charge is 0.00896 e. The van der Waals surface area contributed by atoms with Gasteiger partial charge in [0, 0.05) is 6.04 Å². The fourth-order valence-corrected chi connectivity index (χ4v) is 2.10. The average molecular weight is 155 g/mol. The van der Waals surface area contributed by atoms with Crippen molar-refractivity contribution in [1.82, 2.24) is 5.32 Å². The summed E-state index contributed by atoms with van der Waals surface area (Å²) in [5, 5.41) is 3.42. The van der Waals surface area contributed by atoms with Crippen LogP contribution in [0.3, 0.4) is 0 Å². The van der Waals surface area contributed by atoms with Crippen LogP contribution in [0.2, 0.25) is 0 Å². The summed E-state index contributed by atoms with van der Waals surface area (Å²) in [7, 11) is 2.10. The topological polar surface area (TPSA) is 12.0 Å². The standard InChI is InChI=1S/C10H21N/c1-9-7-5-3-4-6-8-10(9)11-2/h9-11H,3-8H2,1-2H3. The van der Waals surface area contributed by atoms with E-state index in [2.05, 4.69) is 19.3 Å². The highest BCUT2D eigenvalue weighted by Crippen LogP contribution is 2.21. The minimum absolute atomic E-state index is 0.787. The fourth-order valence-electron chi connectivity index (χ4n) is 2.10. The highest BCUT2D eigenvalue weighted by atomic mass is 14.9. The van der Waals surface area contributed by atoms with E-state index in [1.165, 1.54) is 38.5 Å². The maximum atomic E-state index is 3.42. The Balaban J connectivity index is 2.33. The molecule has 66 valence electrons. The zero-order valence-electron chi connectivity index (χ0n) is 7.90. The third-order valence-electron chi connectivity index (χ3n) is 2.98. The van der Waals surface area contributed by atoms with Gasteiger partial charge in [-0.05, 0) is 25.8 Å². The monoisotopic (exact) mass is 155 g/mol. The lowest BCUT2D eigenvalue weighted by Gasteiger charge is -2.25. The molecule has 0 bridgehead atoms. The molecule has 0 amide bonds. The summed E-state index contributed by atoms with van der Waals surface area (Å²) in [5.41, 5.74) is 0. The normalized spacial score (nSPS) is 34.4. The number of hydrogen-bond acceptors (Lipinski definition) is 1. The van der Waals surface area contributed by atoms with Gasteiger partial charge in [0.25, 0.3) is 0 Å². The van der Waals surface area contributed by atoms with Crippen LogP contribution in [-0.4, -0.2) is 13.1 Å². The number of nitrogens with one attached hydrogen (secondary N) is 1. The lowest BCUT2D eigenvalue weighted by Crippen LogP contribution is -2.32. The molecule has 0 saturated heterocycles. The maximum absolute atomic E-state index is 3.42. The van der Waals surface area contributed by atoms with Gasteiger partial charge < -0.3 is 5.32 Å². The second-order valence-electron chi connectivity index (χ2n) is 3.86. The molecule has 0 spiro atoms. The van der Waals surface area contributed by atoms with E-state index >= 15 is 0 Å². The van der Waals surface area contributed by atoms with Crippen molar-refractivity contribution in [2.45, 2.75) is 51.5 Å². The SMILES string of the molecule is CNC1CCCCCCC1C. The van der Waals surface area contributed by atoms with E-state index in [-0.39, 0.29) is 0 Å². The van der Waals surface area contributed by atoms with Crippen molar-refractivity contribution in [3.63, 3.8) is 0 Å². The van der Waals surface area contributed by atoms with Crippen LogP contribution in [0.25, 0.3) is 0 Å². The molecule has 1 rings (SSSR count). The molecule has 0 aromatic carbocycles. The van der Waals surface area contributed by atoms with Crippen LogP contribution in [0.5, 0.6) is 0 Å². The largest absolute Gasteiger partial charge is 0.317 e. The van der Waals surface area contributed by atoms with Crippen LogP contribution >= 0.6 is 0 Å². The molecule has 0 radical (unpaired) electrons. The first-order valence-electron chi connectivity index (χ1n) is 5.02. The van der Waals surface area contributed by atoms with Gasteiger partial charge in [0.05, 0.1) is 0 Å². The molecule has 0 aromatic heterocycles. The Bertz CT molecular complexity index is 101. The minimum Gasteiger partial charge on any atom is -0.317 e. The Labute approximate surface area is 70.6 Å². The Morgan fingerprint density at radius 1 is 1.00 bits per heavy atom. The van der Waals surface area contributed by atoms with Gasteiger partial charge in [-0.3, -0.25) is 0 Å². The van der Waals surface area contributed by atoms with Crippen molar-refractivity contribution in [3.8, 4) is 0 Å². The predicted octanol–water partition coefficient (Wildman–Crippen LogP) is 2.56. The summed E-state index contributed by atoms with van der Waals surface area (Å²) in [4.78, 5) is 0. The molecule has 0 heterocycles. The van der Waals surface area contributed by atoms with Crippen molar-refractivity contribution in [3.05, 3.63) is 0 Å². The Hall–Kier alpha value is -0.0400. The minimum atomic E-state index is 0.787. The van der Waals surface area contributed by atoms with Gasteiger partial charge in [-0.2, -0.15) is 0 Å². The lowest BCUT2D eigenvalue weighted by atomic mass is 9.88. The van der Waals surface area contributed by atoms with E-state index < -0.39 is 0 Å². The first kappa shape index (κ1) is 9.05. The van der Waals surface area contributed by atoms with Crippen molar-refractivity contribution in [2.24, 2.45) is 5.92 Å². The van der Waals surface area contributed by atoms with Crippen LogP contribution in [0.1, 0.15) is 45.4 Å². The summed E-state index contributed by atoms with van der Waals surface area (Å²) in [6, 6.07) is 0.787. The van der Waals surface area contributed by atoms with E-state index in [0.29, 0.717) is 0 Å². The van der Waals surface area contributed by atoms with E-state index in [0.717, 1.165) is 12.0 Å². The van der Waals surface area contributed by atoms with Gasteiger partial charge in [0.1, 0.15) is 0 Å². The van der Waals surface area contributed by atoms with E-state index in [1.807, 2.05) is 0 Å². The Morgan fingerprint density at radius 3 is 2.27 bits per heavy atom. The molecule has 11 heavy (non-hydrogen) atoms. The number of rotatable bonds is 1. The van der Waals surface area contributed by atoms with Gasteiger partial charge in [0.15, 0.2) is 0 Å². The Morgan fingerprint density at radius 2 is 1.64 bits per heavy atom. The summed E-state index contributed by atoms with van der Waals surface area (Å²) in [6.07, 6.45) is 8.59. The molecule has 1 N–H and O–H groups in total. The van der Waals surface area contributed by atoms with Gasteiger partial charge in [-0.15, -0.1) is 0 Å². The number of hydrogen-bond donors (Lipinski definition) is 1. The molecule has 2 atom stereocenters. The molecule has 1 saturated carbocycles. The molecule has 1 heteroatoms. The highest BCUT2D eigenvalue weighted by molar-refractivity contribution is 4.73. The third kappa shape index (κ3) is 2.82. The second kappa shape index (κ2) is 4.76. The first-order chi connectivity index (χ1) is 5.34. The predicted molar refractivity (Wildman–Crippen MR) is 49.7 cm³/mol. The van der Waals surface area contributed by atoms with Crippen LogP contribution in [-0.2, 0) is 0 Å². The van der Waals surface area contributed by atoms with Crippen molar-refractivity contribution in [2.75, 3.05) is 7.05 Å². The summed E-state index contributed by atoms with van der Waals surface area (Å²) < 4.78 is 0. The molecule has 1 aliphatic carbocycles. The van der Waals surface area contributed by atoms with E-state index in [9.17, 15) is 0 Å². The van der Waals surface area contributed by atoms with Crippen molar-refractivity contribution < 1.29 is 0 Å². The maximum Gasteiger partial charge on any atom is 0.00896 e. The molecule has 1 fully saturated rings. The average Bonchev–Trinajstić information content (AvgIpc) is 1.98. The second-order valence-corrected chi connectivity index (χ2v) is 3.86. The summed E-state index contributed by atoms with van der Waals surface area (Å²) in [6.45, 7) is 2.38. The molecule has 0 aromatic rings. The van der Waals surface area contributed by atoms with Crippen LogP contribution < -0.4 is 5.32 Å². The Kier molecular flexibility index (Phi) is 3.92. The first-order valence-corrected chi connectivity index (χ1v) is 5.02. The molecule has 1 aliphatic rings. The third-order valence-corrected chi connectivity index (χ3v) is 2.98. The molecular weight excluding hydrogens is 134 g/mol. The van der Waals surface area contributed by atoms with E-state index in [4.69, 9.17) is 0 Å². The molecule has 0 aliphatic heterocycles. The van der Waals surface area contributed by atoms with Gasteiger partial charge in [-0.25, -0.2) is 0 Å². The van der Waals surface area contributed by atoms with Crippen LogP contribution in [0, 0.1) is 5.92 Å². The highest BCUT2D eigenvalue weighted by Gasteiger charge is 2.16.